The fourth-order valence-electron chi connectivity index (χ4n) is 2.10. The van der Waals surface area contributed by atoms with E-state index in [1.807, 2.05) is 42.0 Å². The Bertz CT molecular complexity index is 604. The van der Waals surface area contributed by atoms with Crippen LogP contribution in [0.4, 0.5) is 0 Å². The minimum absolute atomic E-state index is 0.175. The Morgan fingerprint density at radius 3 is 2.75 bits per heavy atom. The van der Waals surface area contributed by atoms with E-state index in [1.165, 1.54) is 0 Å². The third kappa shape index (κ3) is 3.42. The molecule has 1 heterocycles. The summed E-state index contributed by atoms with van der Waals surface area (Å²) in [6.07, 6.45) is 2.84. The van der Waals surface area contributed by atoms with Gasteiger partial charge in [-0.1, -0.05) is 29.8 Å². The molecule has 0 aliphatic heterocycles. The molecule has 0 fully saturated rings. The molecule has 2 rings (SSSR count). The number of carbonyl (C=O) groups excluding carboxylic acids is 1. The van der Waals surface area contributed by atoms with Gasteiger partial charge in [0.25, 0.3) is 0 Å². The number of carbonyl (C=O) groups is 1. The van der Waals surface area contributed by atoms with Crippen LogP contribution in [0.25, 0.3) is 10.9 Å². The highest BCUT2D eigenvalue weighted by Gasteiger charge is 2.18. The zero-order valence-corrected chi connectivity index (χ0v) is 13.7. The van der Waals surface area contributed by atoms with Crippen LogP contribution in [0.15, 0.2) is 34.9 Å². The predicted molar refractivity (Wildman–Crippen MR) is 84.8 cm³/mol. The average Bonchev–Trinajstić information content (AvgIpc) is 2.80. The van der Waals surface area contributed by atoms with Gasteiger partial charge in [-0.05, 0) is 43.5 Å². The molecular formula is C16H20BrNO2. The molecule has 20 heavy (non-hydrogen) atoms. The maximum Gasteiger partial charge on any atom is 0.328 e. The molecule has 0 radical (unpaired) electrons. The highest BCUT2D eigenvalue weighted by Crippen LogP contribution is 2.24. The lowest BCUT2D eigenvalue weighted by Crippen LogP contribution is -2.19. The first kappa shape index (κ1) is 15.1. The third-order valence-electron chi connectivity index (χ3n) is 3.38. The van der Waals surface area contributed by atoms with Crippen molar-refractivity contribution in [2.24, 2.45) is 5.92 Å². The number of halogens is 1. The summed E-state index contributed by atoms with van der Waals surface area (Å²) in [5.41, 5.74) is 1.04. The van der Waals surface area contributed by atoms with Gasteiger partial charge in [0, 0.05) is 21.6 Å². The van der Waals surface area contributed by atoms with Crippen LogP contribution in [0.2, 0.25) is 0 Å². The van der Waals surface area contributed by atoms with Gasteiger partial charge in [0.1, 0.15) is 6.04 Å². The molecule has 3 nitrogen and oxygen atoms in total. The fourth-order valence-corrected chi connectivity index (χ4v) is 2.48. The van der Waals surface area contributed by atoms with Gasteiger partial charge in [-0.15, -0.1) is 0 Å². The Balaban J connectivity index is 2.10. The lowest BCUT2D eigenvalue weighted by Gasteiger charge is -2.15. The average molecular weight is 338 g/mol. The number of esters is 1. The van der Waals surface area contributed by atoms with Crippen LogP contribution in [-0.2, 0) is 9.53 Å². The van der Waals surface area contributed by atoms with Crippen molar-refractivity contribution in [2.75, 3.05) is 6.61 Å². The van der Waals surface area contributed by atoms with E-state index >= 15 is 0 Å². The van der Waals surface area contributed by atoms with Gasteiger partial charge in [-0.25, -0.2) is 4.79 Å². The minimum Gasteiger partial charge on any atom is -0.464 e. The van der Waals surface area contributed by atoms with E-state index in [4.69, 9.17) is 4.74 Å². The Labute approximate surface area is 128 Å². The van der Waals surface area contributed by atoms with Crippen LogP contribution >= 0.6 is 15.9 Å². The first-order valence-corrected chi connectivity index (χ1v) is 7.71. The van der Waals surface area contributed by atoms with Gasteiger partial charge < -0.3 is 9.30 Å². The fraction of sp³-hybridized carbons (Fsp3) is 0.438. The maximum atomic E-state index is 12.1. The number of fused-ring (bicyclic) bond motifs is 1. The van der Waals surface area contributed by atoms with Crippen LogP contribution < -0.4 is 0 Å². The van der Waals surface area contributed by atoms with E-state index in [-0.39, 0.29) is 12.0 Å². The Kier molecular flexibility index (Phi) is 4.86. The molecule has 0 saturated heterocycles. The number of aromatic nitrogens is 1. The summed E-state index contributed by atoms with van der Waals surface area (Å²) in [5, 5.41) is 1.11. The van der Waals surface area contributed by atoms with E-state index in [2.05, 4.69) is 29.8 Å². The van der Waals surface area contributed by atoms with Crippen LogP contribution in [0.3, 0.4) is 0 Å². The van der Waals surface area contributed by atoms with Gasteiger partial charge in [-0.3, -0.25) is 0 Å². The van der Waals surface area contributed by atoms with Crippen LogP contribution in [0.1, 0.15) is 33.2 Å². The molecule has 1 aromatic heterocycles. The number of ether oxygens (including phenoxy) is 1. The first-order chi connectivity index (χ1) is 9.49. The van der Waals surface area contributed by atoms with Gasteiger partial charge >= 0.3 is 5.97 Å². The third-order valence-corrected chi connectivity index (χ3v) is 3.87. The van der Waals surface area contributed by atoms with Crippen molar-refractivity contribution in [3.8, 4) is 0 Å². The summed E-state index contributed by atoms with van der Waals surface area (Å²) >= 11 is 3.45. The molecule has 4 heteroatoms. The zero-order valence-electron chi connectivity index (χ0n) is 12.1. The van der Waals surface area contributed by atoms with Crippen molar-refractivity contribution < 1.29 is 9.53 Å². The van der Waals surface area contributed by atoms with Crippen LogP contribution in [-0.4, -0.2) is 17.1 Å². The molecule has 1 unspecified atom stereocenters. The summed E-state index contributed by atoms with van der Waals surface area (Å²) in [6, 6.07) is 7.74. The first-order valence-electron chi connectivity index (χ1n) is 6.91. The Morgan fingerprint density at radius 1 is 1.30 bits per heavy atom. The molecular weight excluding hydrogens is 318 g/mol. The Morgan fingerprint density at radius 2 is 2.05 bits per heavy atom. The largest absolute Gasteiger partial charge is 0.464 e. The normalized spacial score (nSPS) is 12.8. The van der Waals surface area contributed by atoms with Crippen molar-refractivity contribution in [1.29, 1.82) is 0 Å². The van der Waals surface area contributed by atoms with Crippen molar-refractivity contribution in [2.45, 2.75) is 33.2 Å². The van der Waals surface area contributed by atoms with E-state index in [1.54, 1.807) is 0 Å². The molecule has 2 aromatic rings. The minimum atomic E-state index is -0.305. The summed E-state index contributed by atoms with van der Waals surface area (Å²) in [6.45, 7) is 6.61. The highest BCUT2D eigenvalue weighted by atomic mass is 79.9. The van der Waals surface area contributed by atoms with Crippen molar-refractivity contribution in [3.63, 3.8) is 0 Å². The second-order valence-corrected chi connectivity index (χ2v) is 6.37. The van der Waals surface area contributed by atoms with E-state index in [0.29, 0.717) is 12.5 Å². The molecule has 108 valence electrons. The standard InChI is InChI=1S/C16H20BrNO2/c1-11(2)7-9-20-16(19)12(3)18-8-6-13-10-14(17)4-5-15(13)18/h4-6,8,10-12H,7,9H2,1-3H3. The molecule has 0 N–H and O–H groups in total. The van der Waals surface area contributed by atoms with Gasteiger partial charge in [0.2, 0.25) is 0 Å². The number of nitrogens with zero attached hydrogens (tertiary/aromatic N) is 1. The van der Waals surface area contributed by atoms with Crippen molar-refractivity contribution >= 4 is 32.8 Å². The van der Waals surface area contributed by atoms with Gasteiger partial charge in [0.15, 0.2) is 0 Å². The summed E-state index contributed by atoms with van der Waals surface area (Å²) in [5.74, 6) is 0.369. The second kappa shape index (κ2) is 6.44. The van der Waals surface area contributed by atoms with E-state index in [0.717, 1.165) is 21.8 Å². The molecule has 0 spiro atoms. The number of benzene rings is 1. The molecule has 0 saturated carbocycles. The zero-order chi connectivity index (χ0) is 14.7. The summed E-state index contributed by atoms with van der Waals surface area (Å²) in [4.78, 5) is 12.1. The van der Waals surface area contributed by atoms with Crippen molar-refractivity contribution in [3.05, 3.63) is 34.9 Å². The second-order valence-electron chi connectivity index (χ2n) is 5.45. The SMILES string of the molecule is CC(C)CCOC(=O)C(C)n1ccc2cc(Br)ccc21. The maximum absolute atomic E-state index is 12.1. The number of hydrogen-bond donors (Lipinski definition) is 0. The van der Waals surface area contributed by atoms with Crippen LogP contribution in [0, 0.1) is 5.92 Å². The molecule has 0 amide bonds. The molecule has 0 aliphatic carbocycles. The highest BCUT2D eigenvalue weighted by molar-refractivity contribution is 9.10. The monoisotopic (exact) mass is 337 g/mol. The summed E-state index contributed by atoms with van der Waals surface area (Å²) in [7, 11) is 0. The molecule has 1 aromatic carbocycles. The van der Waals surface area contributed by atoms with Gasteiger partial charge in [0.05, 0.1) is 6.61 Å². The quantitative estimate of drug-likeness (QED) is 0.749. The molecule has 0 aliphatic rings. The lowest BCUT2D eigenvalue weighted by molar-refractivity contribution is -0.147. The molecule has 0 bridgehead atoms. The topological polar surface area (TPSA) is 31.2 Å². The Hall–Kier alpha value is -1.29. The molecule has 1 atom stereocenters. The van der Waals surface area contributed by atoms with Gasteiger partial charge in [-0.2, -0.15) is 0 Å². The van der Waals surface area contributed by atoms with Crippen LogP contribution in [0.5, 0.6) is 0 Å². The number of rotatable bonds is 5. The lowest BCUT2D eigenvalue weighted by atomic mass is 10.1. The smallest absolute Gasteiger partial charge is 0.328 e. The van der Waals surface area contributed by atoms with Crippen molar-refractivity contribution in [1.82, 2.24) is 4.57 Å². The summed E-state index contributed by atoms with van der Waals surface area (Å²) < 4.78 is 8.34. The number of hydrogen-bond acceptors (Lipinski definition) is 2. The predicted octanol–water partition coefficient (Wildman–Crippen LogP) is 4.55. The van der Waals surface area contributed by atoms with E-state index in [9.17, 15) is 4.79 Å². The van der Waals surface area contributed by atoms with E-state index < -0.39 is 0 Å².